The van der Waals surface area contributed by atoms with Crippen molar-refractivity contribution in [1.82, 2.24) is 4.73 Å². The zero-order chi connectivity index (χ0) is 11.8. The van der Waals surface area contributed by atoms with E-state index < -0.39 is 0 Å². The van der Waals surface area contributed by atoms with Gasteiger partial charge in [0.2, 0.25) is 0 Å². The molecule has 1 N–H and O–H groups in total. The summed E-state index contributed by atoms with van der Waals surface area (Å²) in [6.07, 6.45) is 1.38. The second-order valence-corrected chi connectivity index (χ2v) is 4.57. The molecule has 17 heavy (non-hydrogen) atoms. The first-order chi connectivity index (χ1) is 8.27. The monoisotopic (exact) mass is 245 g/mol. The van der Waals surface area contributed by atoms with Crippen LogP contribution >= 0.6 is 11.3 Å². The Labute approximate surface area is 101 Å². The Morgan fingerprint density at radius 3 is 2.76 bits per heavy atom. The van der Waals surface area contributed by atoms with Gasteiger partial charge in [-0.3, -0.25) is 0 Å². The Hall–Kier alpha value is -2.14. The molecule has 0 atom stereocenters. The molecule has 0 fully saturated rings. The Morgan fingerprint density at radius 2 is 2.00 bits per heavy atom. The molecule has 0 saturated heterocycles. The molecule has 1 aromatic carbocycles. The predicted molar refractivity (Wildman–Crippen MR) is 65.8 cm³/mol. The number of hydrogen-bond donors (Lipinski definition) is 1. The van der Waals surface area contributed by atoms with Crippen LogP contribution in [0.5, 0.6) is 0 Å². The van der Waals surface area contributed by atoms with Crippen LogP contribution in [0.25, 0.3) is 21.6 Å². The van der Waals surface area contributed by atoms with Crippen molar-refractivity contribution in [2.45, 2.75) is 0 Å². The van der Waals surface area contributed by atoms with Gasteiger partial charge in [-0.2, -0.15) is 4.73 Å². The van der Waals surface area contributed by atoms with Gasteiger partial charge in [0.1, 0.15) is 0 Å². The van der Waals surface area contributed by atoms with Gasteiger partial charge >= 0.3 is 0 Å². The molecule has 4 nitrogen and oxygen atoms in total. The molecule has 2 heterocycles. The van der Waals surface area contributed by atoms with Gasteiger partial charge in [0.05, 0.1) is 9.30 Å². The van der Waals surface area contributed by atoms with Gasteiger partial charge in [-0.1, -0.05) is 18.2 Å². The molecule has 0 radical (unpaired) electrons. The number of para-hydroxylation sites is 2. The third-order valence-corrected chi connectivity index (χ3v) is 3.48. The number of benzene rings is 1. The van der Waals surface area contributed by atoms with Crippen LogP contribution in [-0.4, -0.2) is 9.94 Å². The zero-order valence-electron chi connectivity index (χ0n) is 8.78. The topological polar surface area (TPSA) is 48.1 Å². The molecule has 0 aliphatic carbocycles. The maximum absolute atomic E-state index is 11.8. The van der Waals surface area contributed by atoms with E-state index >= 15 is 0 Å². The summed E-state index contributed by atoms with van der Waals surface area (Å²) < 4.78 is 1.83. The molecule has 2 aromatic heterocycles. The van der Waals surface area contributed by atoms with Crippen LogP contribution in [0, 0.1) is 4.91 Å². The summed E-state index contributed by atoms with van der Waals surface area (Å²) in [6.45, 7) is 0. The molecular weight excluding hydrogens is 236 g/mol. The first-order valence-corrected chi connectivity index (χ1v) is 5.95. The minimum absolute atomic E-state index is 0.440. The molecule has 0 bridgehead atoms. The van der Waals surface area contributed by atoms with Gasteiger partial charge in [-0.05, 0) is 17.5 Å². The molecule has 0 spiro atoms. The first kappa shape index (κ1) is 10.0. The summed E-state index contributed by atoms with van der Waals surface area (Å²) in [6, 6.07) is 10.7. The molecule has 3 aromatic rings. The number of aromatic nitrogens is 2. The molecule has 5 heteroatoms. The number of thiophene rings is 1. The molecule has 0 aliphatic rings. The highest BCUT2D eigenvalue weighted by Crippen LogP contribution is 2.24. The van der Waals surface area contributed by atoms with Crippen LogP contribution in [-0.2, 0) is 0 Å². The lowest BCUT2D eigenvalue weighted by Crippen LogP contribution is -2.18. The van der Waals surface area contributed by atoms with Crippen LogP contribution in [0.15, 0.2) is 48.0 Å². The molecule has 0 aliphatic heterocycles. The first-order valence-electron chi connectivity index (χ1n) is 5.07. The molecular formula is C12H9N2O2S+. The van der Waals surface area contributed by atoms with E-state index in [4.69, 9.17) is 0 Å². The Balaban J connectivity index is 2.43. The van der Waals surface area contributed by atoms with E-state index in [1.54, 1.807) is 24.3 Å². The molecule has 0 saturated carbocycles. The lowest BCUT2D eigenvalue weighted by atomic mass is 10.3. The highest BCUT2D eigenvalue weighted by atomic mass is 32.1. The predicted octanol–water partition coefficient (Wildman–Crippen LogP) is 2.52. The number of fused-ring (bicyclic) bond motifs is 1. The Morgan fingerprint density at radius 1 is 1.18 bits per heavy atom. The molecule has 0 unspecified atom stereocenters. The summed E-state index contributed by atoms with van der Waals surface area (Å²) in [5.74, 6) is 0. The number of rotatable bonds is 1. The van der Waals surface area contributed by atoms with Gasteiger partial charge in [0.25, 0.3) is 11.7 Å². The third-order valence-electron chi connectivity index (χ3n) is 2.59. The van der Waals surface area contributed by atoms with Crippen molar-refractivity contribution >= 4 is 22.4 Å². The molecule has 0 amide bonds. The van der Waals surface area contributed by atoms with E-state index in [-0.39, 0.29) is 0 Å². The van der Waals surface area contributed by atoms with Gasteiger partial charge in [-0.25, -0.2) is 0 Å². The van der Waals surface area contributed by atoms with E-state index in [2.05, 4.69) is 0 Å². The second-order valence-electron chi connectivity index (χ2n) is 3.62. The van der Waals surface area contributed by atoms with Crippen LogP contribution in [0.4, 0.5) is 0 Å². The summed E-state index contributed by atoms with van der Waals surface area (Å²) in [7, 11) is 0. The van der Waals surface area contributed by atoms with Crippen LogP contribution < -0.4 is 4.43 Å². The smallest absolute Gasteiger partial charge is 0.289 e. The molecule has 84 valence electrons. The minimum Gasteiger partial charge on any atom is -0.427 e. The van der Waals surface area contributed by atoms with Crippen molar-refractivity contribution in [1.29, 1.82) is 0 Å². The maximum atomic E-state index is 11.8. The average molecular weight is 245 g/mol. The average Bonchev–Trinajstić information content (AvgIpc) is 2.87. The van der Waals surface area contributed by atoms with Gasteiger partial charge < -0.3 is 5.21 Å². The van der Waals surface area contributed by atoms with Crippen LogP contribution in [0.2, 0.25) is 0 Å². The third kappa shape index (κ3) is 1.52. The standard InChI is InChI=1S/C12H9N2O2S/c15-13-8-11(12-6-3-7-17-12)14(16)10-5-2-1-4-9(10)13/h1-8,16H/q+1. The van der Waals surface area contributed by atoms with Crippen LogP contribution in [0.3, 0.4) is 0 Å². The number of hydrogen-bond acceptors (Lipinski definition) is 3. The SMILES string of the molecule is O=[n+]1cc(-c2cccs2)n(O)c2ccccc21. The summed E-state index contributed by atoms with van der Waals surface area (Å²) in [4.78, 5) is 12.7. The maximum Gasteiger partial charge on any atom is 0.289 e. The van der Waals surface area contributed by atoms with Crippen molar-refractivity contribution in [3.63, 3.8) is 0 Å². The molecule has 3 rings (SSSR count). The lowest BCUT2D eigenvalue weighted by Gasteiger charge is -2.03. The quantitative estimate of drug-likeness (QED) is 0.529. The van der Waals surface area contributed by atoms with Gasteiger partial charge in [-0.15, -0.1) is 11.3 Å². The highest BCUT2D eigenvalue weighted by Gasteiger charge is 2.16. The van der Waals surface area contributed by atoms with Crippen molar-refractivity contribution in [2.75, 3.05) is 0 Å². The van der Waals surface area contributed by atoms with E-state index in [1.807, 2.05) is 17.5 Å². The highest BCUT2D eigenvalue weighted by molar-refractivity contribution is 7.13. The lowest BCUT2D eigenvalue weighted by molar-refractivity contribution is -0.464. The zero-order valence-corrected chi connectivity index (χ0v) is 9.59. The fourth-order valence-corrected chi connectivity index (χ4v) is 2.51. The Bertz CT molecular complexity index is 732. The summed E-state index contributed by atoms with van der Waals surface area (Å²) in [5.41, 5.74) is 1.43. The summed E-state index contributed by atoms with van der Waals surface area (Å²) >= 11 is 1.47. The summed E-state index contributed by atoms with van der Waals surface area (Å²) in [5, 5.41) is 12.0. The second kappa shape index (κ2) is 3.71. The van der Waals surface area contributed by atoms with E-state index in [9.17, 15) is 10.1 Å². The minimum atomic E-state index is 0.440. The van der Waals surface area contributed by atoms with Gasteiger partial charge in [0, 0.05) is 11.0 Å². The van der Waals surface area contributed by atoms with E-state index in [0.717, 1.165) is 14.0 Å². The number of nitrogens with zero attached hydrogens (tertiary/aromatic N) is 2. The largest absolute Gasteiger partial charge is 0.427 e. The van der Waals surface area contributed by atoms with Crippen molar-refractivity contribution < 1.29 is 9.63 Å². The van der Waals surface area contributed by atoms with Crippen LogP contribution in [0.1, 0.15) is 0 Å². The fraction of sp³-hybridized carbons (Fsp3) is 0. The Kier molecular flexibility index (Phi) is 2.19. The normalized spacial score (nSPS) is 10.8. The van der Waals surface area contributed by atoms with E-state index in [0.29, 0.717) is 16.7 Å². The van der Waals surface area contributed by atoms with Crippen molar-refractivity contribution in [3.8, 4) is 10.6 Å². The fourth-order valence-electron chi connectivity index (χ4n) is 1.79. The van der Waals surface area contributed by atoms with Crippen molar-refractivity contribution in [3.05, 3.63) is 52.9 Å². The van der Waals surface area contributed by atoms with Gasteiger partial charge in [0.15, 0.2) is 11.2 Å². The van der Waals surface area contributed by atoms with E-state index in [1.165, 1.54) is 17.5 Å². The van der Waals surface area contributed by atoms with Crippen molar-refractivity contribution in [2.24, 2.45) is 0 Å².